The average molecular weight is 536 g/mol. The summed E-state index contributed by atoms with van der Waals surface area (Å²) in [4.78, 5) is 0. The van der Waals surface area contributed by atoms with Crippen LogP contribution in [0.4, 0.5) is 0 Å². The molecule has 0 aliphatic carbocycles. The Hall–Kier alpha value is -1.88. The van der Waals surface area contributed by atoms with E-state index in [1.807, 2.05) is 0 Å². The summed E-state index contributed by atoms with van der Waals surface area (Å²) in [5.41, 5.74) is 2.83. The molecule has 10 nitrogen and oxygen atoms in total. The second-order valence-electron chi connectivity index (χ2n) is 8.36. The standard InChI is InChI=1S/C20H30N2.2Mn.8O/c1-21(2,17-19-11-7-5-8-12-19)15-16-22(3,4)18-20-13-9-6-10-14-20;;;;;;;;;;/h5-14H,15-18H2,1-4H3;;;;;;;;;;/q+2;;;;;;;;;2*-1. The summed E-state index contributed by atoms with van der Waals surface area (Å²) in [6, 6.07) is 21.6. The molecule has 0 bridgehead atoms. The number of quaternary nitrogens is 2. The van der Waals surface area contributed by atoms with Gasteiger partial charge in [0.15, 0.2) is 0 Å². The Morgan fingerprint density at radius 1 is 0.562 bits per heavy atom. The molecular weight excluding hydrogens is 506 g/mol. The van der Waals surface area contributed by atoms with Crippen molar-refractivity contribution in [3.8, 4) is 0 Å². The minimum absolute atomic E-state index is 1.03. The van der Waals surface area contributed by atoms with Gasteiger partial charge >= 0.3 is 57.3 Å². The van der Waals surface area contributed by atoms with Gasteiger partial charge < -0.3 is 8.97 Å². The van der Waals surface area contributed by atoms with Crippen molar-refractivity contribution < 1.29 is 66.3 Å². The Labute approximate surface area is 192 Å². The Morgan fingerprint density at radius 2 is 0.781 bits per heavy atom. The third kappa shape index (κ3) is 21.4. The van der Waals surface area contributed by atoms with Crippen molar-refractivity contribution in [3.63, 3.8) is 0 Å². The number of nitrogens with zero attached hydrogens (tertiary/aromatic N) is 2. The van der Waals surface area contributed by atoms with E-state index < -0.39 is 25.9 Å². The Balaban J connectivity index is 0.000000805. The van der Waals surface area contributed by atoms with E-state index in [0.29, 0.717) is 0 Å². The maximum atomic E-state index is 8.58. The second kappa shape index (κ2) is 13.0. The van der Waals surface area contributed by atoms with E-state index in [1.54, 1.807) is 0 Å². The van der Waals surface area contributed by atoms with Gasteiger partial charge in [-0.1, -0.05) is 60.7 Å². The van der Waals surface area contributed by atoms with Gasteiger partial charge in [-0.3, -0.25) is 0 Å². The zero-order valence-electron chi connectivity index (χ0n) is 18.5. The quantitative estimate of drug-likeness (QED) is 0.366. The Morgan fingerprint density at radius 3 is 1.00 bits per heavy atom. The van der Waals surface area contributed by atoms with Crippen molar-refractivity contribution in [2.24, 2.45) is 0 Å². The van der Waals surface area contributed by atoms with E-state index >= 15 is 0 Å². The van der Waals surface area contributed by atoms with Gasteiger partial charge in [0, 0.05) is 11.1 Å². The van der Waals surface area contributed by atoms with Crippen LogP contribution in [0.5, 0.6) is 0 Å². The third-order valence-corrected chi connectivity index (χ3v) is 4.22. The number of hydrogen-bond donors (Lipinski definition) is 0. The molecule has 0 heterocycles. The topological polar surface area (TPSA) is 149 Å². The van der Waals surface area contributed by atoms with E-state index in [-0.39, 0.29) is 0 Å². The predicted octanol–water partition coefficient (Wildman–Crippen LogP) is 0.444. The van der Waals surface area contributed by atoms with E-state index in [4.69, 9.17) is 31.4 Å². The molecule has 2 aromatic carbocycles. The molecular formula is C20H30Mn2N2O8. The van der Waals surface area contributed by atoms with Gasteiger partial charge in [0.05, 0.1) is 28.2 Å². The molecule has 0 fully saturated rings. The van der Waals surface area contributed by atoms with E-state index in [2.05, 4.69) is 88.9 Å². The first-order chi connectivity index (χ1) is 14.4. The van der Waals surface area contributed by atoms with E-state index in [0.717, 1.165) is 22.1 Å². The van der Waals surface area contributed by atoms with Crippen LogP contribution >= 0.6 is 0 Å². The third-order valence-electron chi connectivity index (χ3n) is 4.22. The van der Waals surface area contributed by atoms with Gasteiger partial charge in [0.1, 0.15) is 26.2 Å². The van der Waals surface area contributed by atoms with Crippen molar-refractivity contribution >= 4 is 0 Å². The summed E-state index contributed by atoms with van der Waals surface area (Å²) in [7, 11) is 9.32. The van der Waals surface area contributed by atoms with Crippen molar-refractivity contribution in [1.82, 2.24) is 0 Å². The number of likely N-dealkylation sites (N-methyl/N-ethyl adjacent to an activating group) is 2. The van der Waals surface area contributed by atoms with Crippen LogP contribution in [0.25, 0.3) is 0 Å². The molecule has 0 atom stereocenters. The monoisotopic (exact) mass is 536 g/mol. The molecule has 0 saturated carbocycles. The number of benzene rings is 2. The summed E-state index contributed by atoms with van der Waals surface area (Å²) in [5.74, 6) is 0. The van der Waals surface area contributed by atoms with Gasteiger partial charge in [-0.15, -0.1) is 0 Å². The molecule has 0 amide bonds. The van der Waals surface area contributed by atoms with Crippen LogP contribution in [0, 0.1) is 0 Å². The zero-order chi connectivity index (χ0) is 25.1. The molecule has 0 aliphatic rings. The zero-order valence-corrected chi connectivity index (χ0v) is 20.9. The predicted molar refractivity (Wildman–Crippen MR) is 98.4 cm³/mol. The molecule has 0 N–H and O–H groups in total. The molecule has 2 aromatic rings. The van der Waals surface area contributed by atoms with Crippen molar-refractivity contribution in [1.29, 1.82) is 0 Å². The van der Waals surface area contributed by atoms with Gasteiger partial charge in [0.25, 0.3) is 0 Å². The molecule has 0 aromatic heterocycles. The van der Waals surface area contributed by atoms with E-state index in [1.165, 1.54) is 24.2 Å². The molecule has 12 heteroatoms. The Kier molecular flexibility index (Phi) is 12.2. The summed E-state index contributed by atoms with van der Waals surface area (Å²) in [6.07, 6.45) is 0. The fourth-order valence-corrected chi connectivity index (χ4v) is 2.85. The van der Waals surface area contributed by atoms with Crippen molar-refractivity contribution in [3.05, 3.63) is 71.8 Å². The first-order valence-electron chi connectivity index (χ1n) is 9.32. The van der Waals surface area contributed by atoms with E-state index in [9.17, 15) is 0 Å². The van der Waals surface area contributed by atoms with Gasteiger partial charge in [0.2, 0.25) is 0 Å². The molecule has 182 valence electrons. The first kappa shape index (κ1) is 30.1. The Bertz CT molecular complexity index is 1010. The molecule has 0 aliphatic heterocycles. The van der Waals surface area contributed by atoms with Crippen LogP contribution in [-0.4, -0.2) is 50.2 Å². The molecule has 0 radical (unpaired) electrons. The van der Waals surface area contributed by atoms with Crippen molar-refractivity contribution in [2.45, 2.75) is 13.1 Å². The number of rotatable bonds is 7. The normalized spacial score (nSPS) is 12.1. The van der Waals surface area contributed by atoms with Gasteiger partial charge in [-0.05, 0) is 0 Å². The molecule has 0 spiro atoms. The molecule has 2 rings (SSSR count). The van der Waals surface area contributed by atoms with Gasteiger partial charge in [-0.2, -0.15) is 0 Å². The van der Waals surface area contributed by atoms with Crippen LogP contribution < -0.4 is 8.38 Å². The summed E-state index contributed by atoms with van der Waals surface area (Å²) in [5, 5.41) is 0. The fraction of sp³-hybridized carbons (Fsp3) is 0.400. The van der Waals surface area contributed by atoms with Crippen LogP contribution in [0.2, 0.25) is 0 Å². The summed E-state index contributed by atoms with van der Waals surface area (Å²) < 4.78 is 70.7. The average Bonchev–Trinajstić information content (AvgIpc) is 2.58. The molecule has 0 saturated heterocycles. The SMILES string of the molecule is C[N+](C)(CC[N+](C)(C)Cc1ccccc1)Cc1ccccc1.[O]=[Mn](=[O])(=[O])[O-].[O]=[Mn](=[O])(=[O])[O-]. The van der Waals surface area contributed by atoms with Gasteiger partial charge in [-0.25, -0.2) is 0 Å². The van der Waals surface area contributed by atoms with Crippen LogP contribution in [0.1, 0.15) is 11.1 Å². The van der Waals surface area contributed by atoms with Crippen LogP contribution in [0.3, 0.4) is 0 Å². The minimum atomic E-state index is -5.62. The van der Waals surface area contributed by atoms with Crippen molar-refractivity contribution in [2.75, 3.05) is 41.3 Å². The summed E-state index contributed by atoms with van der Waals surface area (Å²) >= 11 is -11.2. The number of hydrogen-bond acceptors (Lipinski definition) is 8. The van der Waals surface area contributed by atoms with Crippen LogP contribution in [-0.2, 0) is 62.0 Å². The second-order valence-corrected chi connectivity index (χ2v) is 10.7. The molecule has 0 unspecified atom stereocenters. The summed E-state index contributed by atoms with van der Waals surface area (Å²) in [6.45, 7) is 4.53. The maximum absolute atomic E-state index is 8.58. The molecule has 32 heavy (non-hydrogen) atoms. The van der Waals surface area contributed by atoms with Crippen LogP contribution in [0.15, 0.2) is 60.7 Å². The first-order valence-corrected chi connectivity index (χ1v) is 13.2. The fourth-order valence-electron chi connectivity index (χ4n) is 2.85.